The number of phenols is 2. The van der Waals surface area contributed by atoms with Gasteiger partial charge in [-0.3, -0.25) is 62.3 Å². The Morgan fingerprint density at radius 3 is 1.44 bits per heavy atom. The number of aromatic hydroxyl groups is 2. The lowest BCUT2D eigenvalue weighted by atomic mass is 9.85. The number of nitrogens with two attached hydrogens (primary N) is 1. The number of thioether (sulfide) groups is 2. The minimum Gasteiger partial charge on any atom is -0.508 e. The molecule has 33 heteroatoms. The van der Waals surface area contributed by atoms with Gasteiger partial charge in [-0.05, 0) is 102 Å². The molecule has 1 aliphatic rings. The number of aliphatic hydroxyl groups excluding tert-OH is 2. The topological polar surface area (TPSA) is 498 Å². The first-order valence-electron chi connectivity index (χ1n) is 38.5. The molecule has 0 saturated heterocycles. The van der Waals surface area contributed by atoms with E-state index in [0.29, 0.717) is 39.6 Å². The second-order valence-corrected chi connectivity index (χ2v) is 32.1. The number of amides is 11. The predicted molar refractivity (Wildman–Crippen MR) is 436 cm³/mol. The van der Waals surface area contributed by atoms with Crippen LogP contribution in [0.1, 0.15) is 133 Å². The van der Waals surface area contributed by atoms with Crippen molar-refractivity contribution in [1.29, 1.82) is 0 Å². The van der Waals surface area contributed by atoms with Gasteiger partial charge in [-0.1, -0.05) is 151 Å². The summed E-state index contributed by atoms with van der Waals surface area (Å²) in [4.78, 5) is 194. The molecule has 6 aromatic rings. The molecule has 0 spiro atoms. The molecule has 624 valence electrons. The Hall–Kier alpha value is -11.2. The minimum absolute atomic E-state index is 0.0332. The molecule has 13 atom stereocenters. The van der Waals surface area contributed by atoms with Gasteiger partial charge in [-0.25, -0.2) is 4.98 Å². The van der Waals surface area contributed by atoms with Crippen LogP contribution in [0, 0.1) is 11.3 Å². The van der Waals surface area contributed by atoms with Gasteiger partial charge in [0.2, 0.25) is 65.0 Å². The number of Topliss-reactive ketones (excluding diaryl/α,β-unsaturated/α-hetero) is 1. The number of aliphatic carboxylic acids is 1. The molecule has 7 rings (SSSR count). The number of carbonyl (C=O) groups is 13. The predicted octanol–water partition coefficient (Wildman–Crippen LogP) is 3.51. The summed E-state index contributed by atoms with van der Waals surface area (Å²) in [6, 6.07) is 19.9. The standard InChI is InChI=1S/C83H107N13O18S2/c1-8-14-60-75(107)89-62(32-33-70(103)104)76(108)92-65(38-50-22-28-57(99)29-23-50)79(111)88-61(15-9-2)77(109)96-71(48(4)98)81(113)94-67(73(84)105)45-116-44-53-17-13-16-52(36-53)43-115-35-34-69(102)95-72(83(5,6)7)82(114)93-66(39-51-24-30-58(100)31-25-51)80(112)90-63(40-56-42-85-46-86-56)68(101)41-59(47(3)97)74(106)91-64(78(110)87-60)37-49-20-26-55(27-21-49)54-18-11-10-12-19-54/h10-13,16-31,36,42,46-48,59-67,71-72,97-100H,8-9,14-15,32-35,37-41,43-45H2,1-7H3,(H2,84,105)(H,85,86)(H,87,110)(H,88,111)(H,89,107)(H,90,112)(H,91,106)(H,92,108)(H,93,114)(H,94,113)(H,95,102)(H,96,109)(H,103,104)/t47-,48-,59+,60+,61+,62+,63+,64+,65+,66+,67+,71+,72-/m1/s1. The fraction of sp³-hybridized carbons (Fsp3) is 0.446. The van der Waals surface area contributed by atoms with Gasteiger partial charge in [-0.2, -0.15) is 23.5 Å². The highest BCUT2D eigenvalue weighted by Crippen LogP contribution is 2.26. The van der Waals surface area contributed by atoms with Crippen LogP contribution in [-0.4, -0.2) is 196 Å². The van der Waals surface area contributed by atoms with E-state index >= 15 is 14.4 Å². The number of benzene rings is 5. The quantitative estimate of drug-likeness (QED) is 0.0551. The lowest BCUT2D eigenvalue weighted by Gasteiger charge is -2.32. The van der Waals surface area contributed by atoms with E-state index in [-0.39, 0.29) is 75.0 Å². The number of imidazole rings is 1. The van der Waals surface area contributed by atoms with E-state index in [1.54, 1.807) is 58.9 Å². The van der Waals surface area contributed by atoms with E-state index in [0.717, 1.165) is 22.3 Å². The monoisotopic (exact) mass is 1640 g/mol. The number of aliphatic hydroxyl groups is 2. The van der Waals surface area contributed by atoms with Crippen molar-refractivity contribution < 1.29 is 87.9 Å². The number of carboxylic acids is 1. The number of ketones is 1. The molecule has 31 nitrogen and oxygen atoms in total. The van der Waals surface area contributed by atoms with Gasteiger partial charge in [0.1, 0.15) is 65.9 Å². The molecular weight excluding hydrogens is 1530 g/mol. The fourth-order valence-corrected chi connectivity index (χ4v) is 14.7. The molecule has 5 aromatic carbocycles. The fourth-order valence-electron chi connectivity index (χ4n) is 12.8. The summed E-state index contributed by atoms with van der Waals surface area (Å²) in [6.07, 6.45) is -3.38. The van der Waals surface area contributed by atoms with Crippen LogP contribution >= 0.6 is 23.5 Å². The first kappa shape index (κ1) is 92.0. The number of nitrogens with zero attached hydrogens (tertiary/aromatic N) is 1. The Morgan fingerprint density at radius 2 is 0.966 bits per heavy atom. The molecule has 2 heterocycles. The van der Waals surface area contributed by atoms with E-state index in [4.69, 9.17) is 5.73 Å². The number of aromatic amines is 1. The molecule has 2 bridgehead atoms. The highest BCUT2D eigenvalue weighted by molar-refractivity contribution is 7.98. The van der Waals surface area contributed by atoms with Crippen LogP contribution in [0.2, 0.25) is 0 Å². The van der Waals surface area contributed by atoms with Crippen molar-refractivity contribution in [3.8, 4) is 22.6 Å². The van der Waals surface area contributed by atoms with Crippen LogP contribution in [0.5, 0.6) is 11.5 Å². The molecule has 0 unspecified atom stereocenters. The summed E-state index contributed by atoms with van der Waals surface area (Å²) in [6.45, 7) is 11.0. The SMILES string of the molecule is CCC[C@@H]1NC(=O)[C@H](Cc2ccc(-c3ccccc3)cc2)NC(=O)[C@H]([C@@H](C)O)CC(=O)[C@H](Cc2cnc[nH]2)NC(=O)[C@H](Cc2ccc(O)cc2)NC(=O)[C@H](C(C)(C)C)NC(=O)CCSCc2cccc(c2)CSC[C@@H](C(N)=O)NC(=O)[C@H]([C@@H](C)O)NC(=O)[C@H](CCC)NC(=O)[C@H](Cc2ccc(O)cc2)NC(=O)[C@H](CCC(=O)O)NC1=O. The number of carbonyl (C=O) groups excluding carboxylic acids is 12. The van der Waals surface area contributed by atoms with Crippen LogP contribution < -0.4 is 58.9 Å². The number of hydrogen-bond acceptors (Lipinski definition) is 20. The Bertz CT molecular complexity index is 4320. The summed E-state index contributed by atoms with van der Waals surface area (Å²) in [5.41, 5.74) is 9.87. The normalized spacial score (nSPS) is 23.2. The van der Waals surface area contributed by atoms with Gasteiger partial charge in [0, 0.05) is 79.8 Å². The van der Waals surface area contributed by atoms with Crippen molar-refractivity contribution in [1.82, 2.24) is 63.1 Å². The molecular formula is C83H107N13O18S2. The Kier molecular flexibility index (Phi) is 35.9. The number of aromatic nitrogens is 2. The van der Waals surface area contributed by atoms with Gasteiger partial charge in [0.15, 0.2) is 5.78 Å². The average molecular weight is 1640 g/mol. The van der Waals surface area contributed by atoms with Gasteiger partial charge >= 0.3 is 5.97 Å². The van der Waals surface area contributed by atoms with Crippen LogP contribution in [0.15, 0.2) is 140 Å². The number of nitrogens with one attached hydrogen (secondary N) is 11. The first-order chi connectivity index (χ1) is 55.2. The van der Waals surface area contributed by atoms with E-state index in [1.807, 2.05) is 54.6 Å². The Morgan fingerprint density at radius 1 is 0.509 bits per heavy atom. The second kappa shape index (κ2) is 45.2. The van der Waals surface area contributed by atoms with Crippen molar-refractivity contribution in [3.05, 3.63) is 173 Å². The zero-order valence-corrected chi connectivity index (χ0v) is 67.6. The van der Waals surface area contributed by atoms with Gasteiger partial charge in [-0.15, -0.1) is 0 Å². The Labute approximate surface area is 682 Å². The second-order valence-electron chi connectivity index (χ2n) is 29.9. The van der Waals surface area contributed by atoms with E-state index in [9.17, 15) is 73.5 Å². The van der Waals surface area contributed by atoms with Crippen molar-refractivity contribution >= 4 is 100 Å². The summed E-state index contributed by atoms with van der Waals surface area (Å²) in [5, 5.41) is 79.5. The zero-order valence-electron chi connectivity index (χ0n) is 66.0. The number of hydrogen-bond donors (Lipinski definition) is 17. The summed E-state index contributed by atoms with van der Waals surface area (Å²) >= 11 is 2.68. The van der Waals surface area contributed by atoms with E-state index in [2.05, 4.69) is 63.1 Å². The third kappa shape index (κ3) is 29.6. The molecule has 0 fully saturated rings. The number of rotatable bonds is 19. The highest BCUT2D eigenvalue weighted by atomic mass is 32.2. The third-order valence-corrected chi connectivity index (χ3v) is 21.5. The number of fused-ring (bicyclic) bond motifs is 2. The summed E-state index contributed by atoms with van der Waals surface area (Å²) < 4.78 is 0. The molecule has 0 aliphatic carbocycles. The highest BCUT2D eigenvalue weighted by Gasteiger charge is 2.40. The van der Waals surface area contributed by atoms with Crippen molar-refractivity contribution in [2.45, 2.75) is 210 Å². The largest absolute Gasteiger partial charge is 0.508 e. The molecule has 116 heavy (non-hydrogen) atoms. The summed E-state index contributed by atoms with van der Waals surface area (Å²) in [7, 11) is 0. The molecule has 0 saturated carbocycles. The molecule has 1 aliphatic heterocycles. The van der Waals surface area contributed by atoms with Crippen LogP contribution in [0.4, 0.5) is 0 Å². The van der Waals surface area contributed by atoms with Crippen LogP contribution in [-0.2, 0) is 99.5 Å². The van der Waals surface area contributed by atoms with Gasteiger partial charge in [0.25, 0.3) is 0 Å². The van der Waals surface area contributed by atoms with Gasteiger partial charge < -0.3 is 89.4 Å². The first-order valence-corrected chi connectivity index (χ1v) is 40.8. The smallest absolute Gasteiger partial charge is 0.303 e. The molecule has 18 N–H and O–H groups in total. The molecule has 11 amide bonds. The number of primary amides is 1. The zero-order chi connectivity index (χ0) is 84.8. The summed E-state index contributed by atoms with van der Waals surface area (Å²) in [5.74, 6) is -13.2. The third-order valence-electron chi connectivity index (χ3n) is 19.3. The number of carboxylic acid groups (broad SMARTS) is 1. The average Bonchev–Trinajstić information content (AvgIpc) is 0.898. The van der Waals surface area contributed by atoms with Crippen molar-refractivity contribution in [2.24, 2.45) is 17.1 Å². The Balaban J connectivity index is 1.26. The maximum atomic E-state index is 15.1. The van der Waals surface area contributed by atoms with E-state index < -0.39 is 180 Å². The van der Waals surface area contributed by atoms with Gasteiger partial charge in [0.05, 0.1) is 30.5 Å². The maximum Gasteiger partial charge on any atom is 0.303 e. The van der Waals surface area contributed by atoms with E-state index in [1.165, 1.54) is 98.4 Å². The van der Waals surface area contributed by atoms with Crippen LogP contribution in [0.25, 0.3) is 11.1 Å². The minimum atomic E-state index is -1.75. The number of phenolic OH excluding ortho intramolecular Hbond substituents is 2. The molecule has 0 radical (unpaired) electrons. The lowest BCUT2D eigenvalue weighted by Crippen LogP contribution is -2.61. The van der Waals surface area contributed by atoms with Crippen LogP contribution in [0.3, 0.4) is 0 Å². The lowest BCUT2D eigenvalue weighted by molar-refractivity contribution is -0.139. The van der Waals surface area contributed by atoms with Crippen molar-refractivity contribution in [3.63, 3.8) is 0 Å². The number of H-pyrrole nitrogens is 1. The van der Waals surface area contributed by atoms with Crippen molar-refractivity contribution in [2.75, 3.05) is 11.5 Å². The molecule has 1 aromatic heterocycles. The maximum absolute atomic E-state index is 15.1.